The number of ketones is 2. The second-order valence-corrected chi connectivity index (χ2v) is 4.45. The Bertz CT molecular complexity index is 318. The molecule has 0 fully saturated rings. The third-order valence-corrected chi connectivity index (χ3v) is 3.15. The van der Waals surface area contributed by atoms with Crippen molar-refractivity contribution >= 4 is 17.5 Å². The molecule has 0 saturated carbocycles. The molecule has 0 aromatic heterocycles. The molecule has 18 heavy (non-hydrogen) atoms. The molecule has 0 heterocycles. The van der Waals surface area contributed by atoms with Crippen molar-refractivity contribution < 1.29 is 14.4 Å². The molecule has 0 aromatic rings. The zero-order valence-corrected chi connectivity index (χ0v) is 11.4. The molecule has 0 rings (SSSR count). The first-order valence-corrected chi connectivity index (χ1v) is 6.12. The molecule has 0 radical (unpaired) electrons. The quantitative estimate of drug-likeness (QED) is 0.470. The number of likely N-dealkylation sites (N-methyl/N-ethyl adjacent to an activating group) is 1. The summed E-state index contributed by atoms with van der Waals surface area (Å²) in [5.41, 5.74) is 5.00. The normalized spacial score (nSPS) is 15.8. The zero-order valence-electron chi connectivity index (χ0n) is 11.4. The van der Waals surface area contributed by atoms with Gasteiger partial charge in [0, 0.05) is 0 Å². The molecule has 6 nitrogen and oxygen atoms in total. The smallest absolute Gasteiger partial charge is 0.286 e. The minimum Gasteiger partial charge on any atom is -0.363 e. The van der Waals surface area contributed by atoms with Gasteiger partial charge in [-0.2, -0.15) is 0 Å². The van der Waals surface area contributed by atoms with E-state index >= 15 is 0 Å². The van der Waals surface area contributed by atoms with E-state index in [1.54, 1.807) is 14.0 Å². The molecule has 0 aliphatic rings. The average molecular weight is 257 g/mol. The number of rotatable bonds is 9. The summed E-state index contributed by atoms with van der Waals surface area (Å²) >= 11 is 0. The molecule has 3 atom stereocenters. The molecule has 0 saturated heterocycles. The van der Waals surface area contributed by atoms with Gasteiger partial charge in [0.15, 0.2) is 5.78 Å². The highest BCUT2D eigenvalue weighted by atomic mass is 16.2. The van der Waals surface area contributed by atoms with Gasteiger partial charge in [0.25, 0.3) is 5.91 Å². The molecule has 6 heteroatoms. The standard InChI is InChI=1S/C12H23N3O3/c1-5-7(2)10(11(17)12(13)18)15-6-9(16)8(3)14-4/h7-8,10,14-15H,5-6H2,1-4H3,(H2,13,18)/t7-,8-,10?/m0/s1. The van der Waals surface area contributed by atoms with Gasteiger partial charge in [-0.1, -0.05) is 20.3 Å². The summed E-state index contributed by atoms with van der Waals surface area (Å²) in [5.74, 6) is -1.76. The van der Waals surface area contributed by atoms with Gasteiger partial charge >= 0.3 is 0 Å². The lowest BCUT2D eigenvalue weighted by Crippen LogP contribution is -2.50. The van der Waals surface area contributed by atoms with Gasteiger partial charge in [-0.25, -0.2) is 0 Å². The van der Waals surface area contributed by atoms with Crippen molar-refractivity contribution in [3.8, 4) is 0 Å². The van der Waals surface area contributed by atoms with Crippen LogP contribution in [0.3, 0.4) is 0 Å². The molecule has 0 spiro atoms. The molecule has 4 N–H and O–H groups in total. The second kappa shape index (κ2) is 7.94. The fourth-order valence-electron chi connectivity index (χ4n) is 1.47. The maximum Gasteiger partial charge on any atom is 0.286 e. The Hall–Kier alpha value is -1.27. The Morgan fingerprint density at radius 3 is 2.17 bits per heavy atom. The van der Waals surface area contributed by atoms with Crippen molar-refractivity contribution in [2.75, 3.05) is 13.6 Å². The number of carbonyl (C=O) groups is 3. The number of carbonyl (C=O) groups excluding carboxylic acids is 3. The largest absolute Gasteiger partial charge is 0.363 e. The summed E-state index contributed by atoms with van der Waals surface area (Å²) < 4.78 is 0. The number of hydrogen-bond acceptors (Lipinski definition) is 5. The summed E-state index contributed by atoms with van der Waals surface area (Å²) in [6, 6.07) is -0.987. The molecular weight excluding hydrogens is 234 g/mol. The van der Waals surface area contributed by atoms with Gasteiger partial charge in [0.2, 0.25) is 5.78 Å². The van der Waals surface area contributed by atoms with Gasteiger partial charge < -0.3 is 11.1 Å². The van der Waals surface area contributed by atoms with Crippen LogP contribution in [0.5, 0.6) is 0 Å². The van der Waals surface area contributed by atoms with Crippen molar-refractivity contribution in [1.82, 2.24) is 10.6 Å². The first-order chi connectivity index (χ1) is 8.34. The van der Waals surface area contributed by atoms with Crippen molar-refractivity contribution in [3.63, 3.8) is 0 Å². The van der Waals surface area contributed by atoms with Crippen LogP contribution in [0.4, 0.5) is 0 Å². The lowest BCUT2D eigenvalue weighted by atomic mass is 9.95. The average Bonchev–Trinajstić information content (AvgIpc) is 2.36. The molecular formula is C12H23N3O3. The molecule has 104 valence electrons. The topological polar surface area (TPSA) is 101 Å². The minimum atomic E-state index is -0.970. The summed E-state index contributed by atoms with van der Waals surface area (Å²) in [6.45, 7) is 5.52. The van der Waals surface area contributed by atoms with E-state index in [0.717, 1.165) is 0 Å². The van der Waals surface area contributed by atoms with Crippen LogP contribution in [0.15, 0.2) is 0 Å². The Morgan fingerprint density at radius 2 is 1.78 bits per heavy atom. The summed E-state index contributed by atoms with van der Waals surface area (Å²) in [4.78, 5) is 34.2. The maximum atomic E-state index is 11.6. The monoisotopic (exact) mass is 257 g/mol. The SMILES string of the molecule is CC[C@H](C)C(NCC(=O)[C@H](C)NC)C(=O)C(N)=O. The molecule has 1 amide bonds. The molecule has 0 aliphatic heterocycles. The first kappa shape index (κ1) is 16.7. The van der Waals surface area contributed by atoms with Crippen LogP contribution >= 0.6 is 0 Å². The van der Waals surface area contributed by atoms with Crippen molar-refractivity contribution in [1.29, 1.82) is 0 Å². The fourth-order valence-corrected chi connectivity index (χ4v) is 1.47. The van der Waals surface area contributed by atoms with E-state index < -0.39 is 17.7 Å². The van der Waals surface area contributed by atoms with Crippen molar-refractivity contribution in [2.24, 2.45) is 11.7 Å². The van der Waals surface area contributed by atoms with Crippen LogP contribution in [-0.2, 0) is 14.4 Å². The molecule has 0 bridgehead atoms. The van der Waals surface area contributed by atoms with Crippen molar-refractivity contribution in [2.45, 2.75) is 39.3 Å². The van der Waals surface area contributed by atoms with Gasteiger partial charge in [0.1, 0.15) is 0 Å². The number of nitrogens with one attached hydrogen (secondary N) is 2. The molecule has 0 aliphatic carbocycles. The van der Waals surface area contributed by atoms with E-state index in [9.17, 15) is 14.4 Å². The predicted molar refractivity (Wildman–Crippen MR) is 69.0 cm³/mol. The first-order valence-electron chi connectivity index (χ1n) is 6.12. The second-order valence-electron chi connectivity index (χ2n) is 4.45. The Balaban J connectivity index is 4.57. The summed E-state index contributed by atoms with van der Waals surface area (Å²) in [7, 11) is 1.68. The van der Waals surface area contributed by atoms with E-state index in [1.165, 1.54) is 0 Å². The maximum absolute atomic E-state index is 11.6. The Morgan fingerprint density at radius 1 is 1.22 bits per heavy atom. The summed E-state index contributed by atoms with van der Waals surface area (Å²) in [5, 5.41) is 5.64. The fraction of sp³-hybridized carbons (Fsp3) is 0.750. The lowest BCUT2D eigenvalue weighted by molar-refractivity contribution is -0.138. The van der Waals surface area contributed by atoms with E-state index in [4.69, 9.17) is 5.73 Å². The van der Waals surface area contributed by atoms with E-state index in [2.05, 4.69) is 10.6 Å². The predicted octanol–water partition coefficient (Wildman–Crippen LogP) is -0.778. The number of nitrogens with two attached hydrogens (primary N) is 1. The summed E-state index contributed by atoms with van der Waals surface area (Å²) in [6.07, 6.45) is 0.715. The zero-order chi connectivity index (χ0) is 14.3. The van der Waals surface area contributed by atoms with Gasteiger partial charge in [-0.3, -0.25) is 19.7 Å². The Kier molecular flexibility index (Phi) is 7.38. The van der Waals surface area contributed by atoms with E-state index in [0.29, 0.717) is 6.42 Å². The number of amides is 1. The van der Waals surface area contributed by atoms with Crippen LogP contribution in [0.1, 0.15) is 27.2 Å². The number of Topliss-reactive ketones (excluding diaryl/α,β-unsaturated/α-hetero) is 2. The Labute approximate surface area is 108 Å². The van der Waals surface area contributed by atoms with Gasteiger partial charge in [-0.05, 0) is 19.9 Å². The van der Waals surface area contributed by atoms with Crippen molar-refractivity contribution in [3.05, 3.63) is 0 Å². The van der Waals surface area contributed by atoms with Gasteiger partial charge in [-0.15, -0.1) is 0 Å². The third-order valence-electron chi connectivity index (χ3n) is 3.15. The highest BCUT2D eigenvalue weighted by Gasteiger charge is 2.28. The molecule has 1 unspecified atom stereocenters. The van der Waals surface area contributed by atoms with E-state index in [1.807, 2.05) is 13.8 Å². The van der Waals surface area contributed by atoms with Gasteiger partial charge in [0.05, 0.1) is 18.6 Å². The highest BCUT2D eigenvalue weighted by Crippen LogP contribution is 2.08. The van der Waals surface area contributed by atoms with Crippen LogP contribution < -0.4 is 16.4 Å². The third kappa shape index (κ3) is 4.93. The lowest BCUT2D eigenvalue weighted by Gasteiger charge is -2.22. The van der Waals surface area contributed by atoms with Crippen LogP contribution in [-0.4, -0.2) is 43.1 Å². The molecule has 0 aromatic carbocycles. The highest BCUT2D eigenvalue weighted by molar-refractivity contribution is 6.37. The van der Waals surface area contributed by atoms with Crippen LogP contribution in [0, 0.1) is 5.92 Å². The van der Waals surface area contributed by atoms with Crippen LogP contribution in [0.25, 0.3) is 0 Å². The minimum absolute atomic E-state index is 0.0377. The van der Waals surface area contributed by atoms with E-state index in [-0.39, 0.29) is 24.3 Å². The van der Waals surface area contributed by atoms with Crippen LogP contribution in [0.2, 0.25) is 0 Å². The number of hydrogen-bond donors (Lipinski definition) is 3. The number of primary amides is 1.